The first kappa shape index (κ1) is 16.0. The van der Waals surface area contributed by atoms with E-state index in [-0.39, 0.29) is 11.9 Å². The molecule has 2 atom stereocenters. The molecule has 1 aromatic rings. The van der Waals surface area contributed by atoms with Gasteiger partial charge in [0.1, 0.15) is 0 Å². The molecule has 21 heavy (non-hydrogen) atoms. The Hall–Kier alpha value is -1.39. The summed E-state index contributed by atoms with van der Waals surface area (Å²) in [4.78, 5) is 16.6. The number of piperazine rings is 1. The van der Waals surface area contributed by atoms with Crippen LogP contribution in [0.15, 0.2) is 30.3 Å². The summed E-state index contributed by atoms with van der Waals surface area (Å²) >= 11 is 0. The van der Waals surface area contributed by atoms with Crippen LogP contribution in [-0.4, -0.2) is 55.5 Å². The van der Waals surface area contributed by atoms with Crippen LogP contribution in [0.1, 0.15) is 25.5 Å². The Morgan fingerprint density at radius 3 is 2.57 bits per heavy atom. The minimum Gasteiger partial charge on any atom is -0.332 e. The summed E-state index contributed by atoms with van der Waals surface area (Å²) in [6, 6.07) is 10.8. The lowest BCUT2D eigenvalue weighted by molar-refractivity contribution is -0.136. The number of carbonyl (C=O) groups is 1. The summed E-state index contributed by atoms with van der Waals surface area (Å²) in [7, 11) is 3.88. The van der Waals surface area contributed by atoms with E-state index in [0.29, 0.717) is 18.5 Å². The fourth-order valence-electron chi connectivity index (χ4n) is 2.83. The van der Waals surface area contributed by atoms with Gasteiger partial charge in [-0.15, -0.1) is 0 Å². The van der Waals surface area contributed by atoms with Crippen molar-refractivity contribution in [1.82, 2.24) is 15.1 Å². The Morgan fingerprint density at radius 2 is 2.00 bits per heavy atom. The van der Waals surface area contributed by atoms with Crippen molar-refractivity contribution in [2.75, 3.05) is 33.7 Å². The molecular formula is C17H27N3O. The second-order valence-corrected chi connectivity index (χ2v) is 6.47. The number of benzene rings is 1. The van der Waals surface area contributed by atoms with Gasteiger partial charge in [0.2, 0.25) is 5.91 Å². The van der Waals surface area contributed by atoms with Gasteiger partial charge in [-0.1, -0.05) is 44.2 Å². The number of carbonyl (C=O) groups excluding carboxylic acids is 1. The van der Waals surface area contributed by atoms with E-state index in [1.807, 2.05) is 37.2 Å². The van der Waals surface area contributed by atoms with E-state index in [9.17, 15) is 4.79 Å². The Balaban J connectivity index is 2.20. The smallest absolute Gasteiger partial charge is 0.237 e. The van der Waals surface area contributed by atoms with Gasteiger partial charge in [-0.3, -0.25) is 4.79 Å². The molecule has 1 aliphatic rings. The van der Waals surface area contributed by atoms with E-state index < -0.39 is 0 Å². The number of amides is 1. The molecule has 2 rings (SSSR count). The summed E-state index contributed by atoms with van der Waals surface area (Å²) < 4.78 is 0. The van der Waals surface area contributed by atoms with Crippen molar-refractivity contribution in [1.29, 1.82) is 0 Å². The highest BCUT2D eigenvalue weighted by Gasteiger charge is 2.33. The summed E-state index contributed by atoms with van der Waals surface area (Å²) in [6.45, 7) is 6.48. The average Bonchev–Trinajstić information content (AvgIpc) is 2.46. The third-order valence-electron chi connectivity index (χ3n) is 4.10. The Bertz CT molecular complexity index is 458. The van der Waals surface area contributed by atoms with Crippen LogP contribution in [0, 0.1) is 5.92 Å². The highest BCUT2D eigenvalue weighted by atomic mass is 16.2. The molecule has 4 nitrogen and oxygen atoms in total. The van der Waals surface area contributed by atoms with Crippen LogP contribution in [0.5, 0.6) is 0 Å². The van der Waals surface area contributed by atoms with Crippen molar-refractivity contribution in [3.8, 4) is 0 Å². The molecule has 1 aliphatic heterocycles. The van der Waals surface area contributed by atoms with Crippen LogP contribution in [0.25, 0.3) is 0 Å². The first-order valence-corrected chi connectivity index (χ1v) is 7.71. The van der Waals surface area contributed by atoms with Gasteiger partial charge in [0, 0.05) is 19.1 Å². The van der Waals surface area contributed by atoms with Gasteiger partial charge in [0.05, 0.1) is 12.6 Å². The van der Waals surface area contributed by atoms with Crippen molar-refractivity contribution in [3.63, 3.8) is 0 Å². The van der Waals surface area contributed by atoms with Crippen molar-refractivity contribution in [3.05, 3.63) is 35.9 Å². The molecule has 1 fully saturated rings. The normalized spacial score (nSPS) is 22.9. The van der Waals surface area contributed by atoms with E-state index in [4.69, 9.17) is 0 Å². The van der Waals surface area contributed by atoms with Gasteiger partial charge in [-0.25, -0.2) is 0 Å². The molecule has 1 saturated heterocycles. The molecule has 116 valence electrons. The summed E-state index contributed by atoms with van der Waals surface area (Å²) in [5.41, 5.74) is 1.21. The molecule has 0 aromatic heterocycles. The second-order valence-electron chi connectivity index (χ2n) is 6.47. The molecule has 0 radical (unpaired) electrons. The number of rotatable bonds is 4. The van der Waals surface area contributed by atoms with Crippen LogP contribution in [0.2, 0.25) is 0 Å². The molecule has 0 aliphatic carbocycles. The zero-order valence-electron chi connectivity index (χ0n) is 13.5. The van der Waals surface area contributed by atoms with Gasteiger partial charge in [-0.2, -0.15) is 0 Å². The number of hydrogen-bond donors (Lipinski definition) is 1. The van der Waals surface area contributed by atoms with Gasteiger partial charge < -0.3 is 15.1 Å². The molecule has 1 N–H and O–H groups in total. The van der Waals surface area contributed by atoms with Crippen LogP contribution >= 0.6 is 0 Å². The van der Waals surface area contributed by atoms with Crippen molar-refractivity contribution in [2.45, 2.75) is 25.9 Å². The lowest BCUT2D eigenvalue weighted by Gasteiger charge is -2.42. The maximum atomic E-state index is 12.6. The Kier molecular flexibility index (Phi) is 5.37. The minimum absolute atomic E-state index is 0.133. The molecule has 1 amide bonds. The number of likely N-dealkylation sites (N-methyl/N-ethyl adjacent to an activating group) is 1. The predicted octanol–water partition coefficient (Wildman–Crippen LogP) is 1.75. The molecular weight excluding hydrogens is 262 g/mol. The topological polar surface area (TPSA) is 35.6 Å². The molecule has 0 saturated carbocycles. The summed E-state index contributed by atoms with van der Waals surface area (Å²) in [5.74, 6) is 0.734. The Morgan fingerprint density at radius 1 is 1.33 bits per heavy atom. The van der Waals surface area contributed by atoms with Gasteiger partial charge in [0.15, 0.2) is 0 Å². The van der Waals surface area contributed by atoms with Crippen LogP contribution < -0.4 is 5.32 Å². The van der Waals surface area contributed by atoms with Crippen molar-refractivity contribution in [2.24, 2.45) is 5.92 Å². The van der Waals surface area contributed by atoms with E-state index >= 15 is 0 Å². The zero-order chi connectivity index (χ0) is 15.4. The summed E-state index contributed by atoms with van der Waals surface area (Å²) in [5, 5.41) is 3.60. The maximum Gasteiger partial charge on any atom is 0.237 e. The van der Waals surface area contributed by atoms with E-state index in [2.05, 4.69) is 36.2 Å². The van der Waals surface area contributed by atoms with Crippen LogP contribution in [-0.2, 0) is 4.79 Å². The molecule has 1 aromatic carbocycles. The first-order valence-electron chi connectivity index (χ1n) is 7.71. The van der Waals surface area contributed by atoms with Gasteiger partial charge >= 0.3 is 0 Å². The first-order chi connectivity index (χ1) is 9.99. The van der Waals surface area contributed by atoms with E-state index in [1.165, 1.54) is 5.56 Å². The lowest BCUT2D eigenvalue weighted by atomic mass is 9.96. The fraction of sp³-hybridized carbons (Fsp3) is 0.588. The molecule has 2 unspecified atom stereocenters. The van der Waals surface area contributed by atoms with E-state index in [1.54, 1.807) is 0 Å². The van der Waals surface area contributed by atoms with Gasteiger partial charge in [0.25, 0.3) is 0 Å². The fourth-order valence-corrected chi connectivity index (χ4v) is 2.83. The maximum absolute atomic E-state index is 12.6. The van der Waals surface area contributed by atoms with Crippen LogP contribution in [0.4, 0.5) is 0 Å². The predicted molar refractivity (Wildman–Crippen MR) is 86.1 cm³/mol. The van der Waals surface area contributed by atoms with E-state index in [0.717, 1.165) is 13.1 Å². The third kappa shape index (κ3) is 4.05. The minimum atomic E-state index is 0.133. The highest BCUT2D eigenvalue weighted by Crippen LogP contribution is 2.25. The number of nitrogens with one attached hydrogen (secondary N) is 1. The molecule has 4 heteroatoms. The summed E-state index contributed by atoms with van der Waals surface area (Å²) in [6.07, 6.45) is 0. The van der Waals surface area contributed by atoms with Crippen LogP contribution in [0.3, 0.4) is 0 Å². The average molecular weight is 289 g/mol. The standard InChI is InChI=1S/C17H27N3O/c1-13(2)15-11-20(17(21)12-19(3)4)16(10-18-15)14-8-6-5-7-9-14/h5-9,13,15-16,18H,10-12H2,1-4H3. The van der Waals surface area contributed by atoms with Gasteiger partial charge in [-0.05, 0) is 25.6 Å². The SMILES string of the molecule is CC(C)C1CN(C(=O)CN(C)C)C(c2ccccc2)CN1. The quantitative estimate of drug-likeness (QED) is 0.917. The van der Waals surface area contributed by atoms with Crippen molar-refractivity contribution >= 4 is 5.91 Å². The highest BCUT2D eigenvalue weighted by molar-refractivity contribution is 5.79. The molecule has 1 heterocycles. The number of hydrogen-bond acceptors (Lipinski definition) is 3. The third-order valence-corrected chi connectivity index (χ3v) is 4.10. The van der Waals surface area contributed by atoms with Crippen molar-refractivity contribution < 1.29 is 4.79 Å². The monoisotopic (exact) mass is 289 g/mol. The molecule has 0 spiro atoms. The largest absolute Gasteiger partial charge is 0.332 e. The number of nitrogens with zero attached hydrogens (tertiary/aromatic N) is 2. The lowest BCUT2D eigenvalue weighted by Crippen LogP contribution is -2.57. The Labute approximate surface area is 128 Å². The zero-order valence-corrected chi connectivity index (χ0v) is 13.5. The molecule has 0 bridgehead atoms. The second kappa shape index (κ2) is 7.05.